The van der Waals surface area contributed by atoms with E-state index >= 15 is 0 Å². The molecule has 2 heterocycles. The minimum Gasteiger partial charge on any atom is -0.426 e. The second kappa shape index (κ2) is 12.0. The van der Waals surface area contributed by atoms with E-state index in [4.69, 9.17) is 0 Å². The van der Waals surface area contributed by atoms with Crippen LogP contribution in [0, 0.1) is 0 Å². The summed E-state index contributed by atoms with van der Waals surface area (Å²) in [4.78, 5) is 6.07. The summed E-state index contributed by atoms with van der Waals surface area (Å²) in [5.74, 6) is 0.401. The van der Waals surface area contributed by atoms with Gasteiger partial charge in [0.15, 0.2) is 16.7 Å². The first-order chi connectivity index (χ1) is 20.7. The Balaban J connectivity index is 1.27. The lowest BCUT2D eigenvalue weighted by Gasteiger charge is -2.32. The second-order valence-corrected chi connectivity index (χ2v) is 11.4. The molecule has 3 aromatic carbocycles. The fourth-order valence-corrected chi connectivity index (χ4v) is 5.47. The molecule has 0 spiro atoms. The van der Waals surface area contributed by atoms with Crippen LogP contribution in [0.1, 0.15) is 37.8 Å². The zero-order valence-corrected chi connectivity index (χ0v) is 24.5. The van der Waals surface area contributed by atoms with Crippen molar-refractivity contribution in [2.24, 2.45) is 10.2 Å². The largest absolute Gasteiger partial charge is 0.499 e. The molecule has 0 amide bonds. The molecule has 8 nitrogen and oxygen atoms in total. The van der Waals surface area contributed by atoms with E-state index in [-0.39, 0.29) is 5.92 Å². The molecule has 1 atom stereocenters. The number of alkyl halides is 5. The smallest absolute Gasteiger partial charge is 0.426 e. The maximum Gasteiger partial charge on any atom is 0.499 e. The molecular weight excluding hydrogens is 603 g/mol. The van der Waals surface area contributed by atoms with E-state index < -0.39 is 23.8 Å². The molecule has 1 saturated heterocycles. The SMILES string of the molecule is CC(C)c1ccccc1N1/C(=N/N=C/c2ccc(-c3ncn(-c4ccc(OC(F)(F)C(F)(F)F)cc4)n3)cc2)SCC1(C)O. The molecule has 0 saturated carbocycles. The van der Waals surface area contributed by atoms with Crippen LogP contribution in [0.4, 0.5) is 27.6 Å². The van der Waals surface area contributed by atoms with Crippen molar-refractivity contribution >= 4 is 28.8 Å². The van der Waals surface area contributed by atoms with Crippen molar-refractivity contribution in [1.29, 1.82) is 0 Å². The van der Waals surface area contributed by atoms with Crippen molar-refractivity contribution in [3.8, 4) is 22.8 Å². The van der Waals surface area contributed by atoms with Crippen LogP contribution in [0.2, 0.25) is 0 Å². The number of aromatic nitrogens is 3. The first-order valence-electron chi connectivity index (χ1n) is 13.4. The molecule has 0 radical (unpaired) electrons. The standard InChI is InChI=1S/C30H27F5N6O2S/c1-19(2)24-6-4-5-7-25(24)41-27(44-17-28(41,3)42)38-37-16-20-8-10-21(11-9-20)26-36-18-40(39-26)22-12-14-23(15-13-22)43-30(34,35)29(31,32)33/h4-16,18-19,42H,17H2,1-3H3/b37-16+,38-27-. The molecule has 230 valence electrons. The minimum absolute atomic E-state index is 0.249. The zero-order valence-electron chi connectivity index (χ0n) is 23.7. The monoisotopic (exact) mass is 630 g/mol. The summed E-state index contributed by atoms with van der Waals surface area (Å²) in [5.41, 5.74) is 2.66. The molecule has 14 heteroatoms. The molecule has 0 aliphatic carbocycles. The lowest BCUT2D eigenvalue weighted by atomic mass is 9.99. The summed E-state index contributed by atoms with van der Waals surface area (Å²) in [6, 6.07) is 19.6. The van der Waals surface area contributed by atoms with Crippen molar-refractivity contribution in [3.05, 3.63) is 90.3 Å². The highest BCUT2D eigenvalue weighted by Crippen LogP contribution is 2.40. The third-order valence-corrected chi connectivity index (χ3v) is 7.85. The van der Waals surface area contributed by atoms with Gasteiger partial charge in [-0.2, -0.15) is 27.1 Å². The number of para-hydroxylation sites is 1. The van der Waals surface area contributed by atoms with Gasteiger partial charge in [-0.3, -0.25) is 4.90 Å². The van der Waals surface area contributed by atoms with Crippen molar-refractivity contribution in [2.75, 3.05) is 10.7 Å². The van der Waals surface area contributed by atoms with Gasteiger partial charge < -0.3 is 9.84 Å². The predicted octanol–water partition coefficient (Wildman–Crippen LogP) is 7.24. The summed E-state index contributed by atoms with van der Waals surface area (Å²) in [7, 11) is 0. The molecule has 1 N–H and O–H groups in total. The lowest BCUT2D eigenvalue weighted by Crippen LogP contribution is -2.45. The van der Waals surface area contributed by atoms with Crippen LogP contribution >= 0.6 is 11.8 Å². The van der Waals surface area contributed by atoms with Gasteiger partial charge in [-0.15, -0.1) is 10.2 Å². The Morgan fingerprint density at radius 3 is 2.34 bits per heavy atom. The molecular formula is C30H27F5N6O2S. The number of aliphatic hydroxyl groups is 1. The fourth-order valence-electron chi connectivity index (χ4n) is 4.41. The van der Waals surface area contributed by atoms with Gasteiger partial charge in [0.1, 0.15) is 12.1 Å². The van der Waals surface area contributed by atoms with Gasteiger partial charge in [-0.25, -0.2) is 9.67 Å². The molecule has 44 heavy (non-hydrogen) atoms. The van der Waals surface area contributed by atoms with Crippen molar-refractivity contribution < 1.29 is 31.8 Å². The van der Waals surface area contributed by atoms with Gasteiger partial charge >= 0.3 is 12.3 Å². The van der Waals surface area contributed by atoms with Gasteiger partial charge in [-0.1, -0.05) is 68.1 Å². The second-order valence-electron chi connectivity index (χ2n) is 10.4. The summed E-state index contributed by atoms with van der Waals surface area (Å²) in [5, 5.41) is 24.7. The van der Waals surface area contributed by atoms with Crippen LogP contribution in [0.25, 0.3) is 17.1 Å². The highest BCUT2D eigenvalue weighted by atomic mass is 32.2. The molecule has 4 aromatic rings. The highest BCUT2D eigenvalue weighted by Gasteiger charge is 2.61. The van der Waals surface area contributed by atoms with E-state index in [2.05, 4.69) is 38.9 Å². The van der Waals surface area contributed by atoms with Crippen LogP contribution in [0.15, 0.2) is 89.3 Å². The highest BCUT2D eigenvalue weighted by molar-refractivity contribution is 8.14. The zero-order chi connectivity index (χ0) is 31.7. The van der Waals surface area contributed by atoms with E-state index in [0.717, 1.165) is 28.9 Å². The number of rotatable bonds is 8. The molecule has 0 bridgehead atoms. The van der Waals surface area contributed by atoms with Crippen molar-refractivity contribution in [2.45, 2.75) is 44.7 Å². The van der Waals surface area contributed by atoms with Gasteiger partial charge in [-0.05, 0) is 54.3 Å². The first-order valence-corrected chi connectivity index (χ1v) is 14.4. The van der Waals surface area contributed by atoms with Crippen molar-refractivity contribution in [1.82, 2.24) is 14.8 Å². The molecule has 1 aromatic heterocycles. The number of nitrogens with zero attached hydrogens (tertiary/aromatic N) is 6. The van der Waals surface area contributed by atoms with E-state index in [9.17, 15) is 27.1 Å². The summed E-state index contributed by atoms with van der Waals surface area (Å²) < 4.78 is 68.6. The number of thioether (sulfide) groups is 1. The fraction of sp³-hybridized carbons (Fsp3) is 0.267. The number of anilines is 1. The predicted molar refractivity (Wildman–Crippen MR) is 160 cm³/mol. The number of amidine groups is 1. The van der Waals surface area contributed by atoms with E-state index in [1.807, 2.05) is 29.2 Å². The Morgan fingerprint density at radius 2 is 1.68 bits per heavy atom. The first kappa shape index (κ1) is 31.1. The minimum atomic E-state index is -5.83. The lowest BCUT2D eigenvalue weighted by molar-refractivity contribution is -0.360. The quantitative estimate of drug-likeness (QED) is 0.125. The Labute approximate surface area is 253 Å². The number of hydrogen-bond acceptors (Lipinski definition) is 7. The summed E-state index contributed by atoms with van der Waals surface area (Å²) in [6.07, 6.45) is -8.16. The molecule has 1 fully saturated rings. The third kappa shape index (κ3) is 6.60. The Morgan fingerprint density at radius 1 is 1.00 bits per heavy atom. The Hall–Kier alpha value is -4.30. The number of halogens is 5. The number of hydrogen-bond donors (Lipinski definition) is 1. The van der Waals surface area contributed by atoms with E-state index in [1.54, 1.807) is 37.4 Å². The number of ether oxygens (including phenoxy) is 1. The normalized spacial score (nSPS) is 18.6. The average Bonchev–Trinajstić information content (AvgIpc) is 3.57. The van der Waals surface area contributed by atoms with Crippen LogP contribution in [0.5, 0.6) is 5.75 Å². The van der Waals surface area contributed by atoms with E-state index in [0.29, 0.717) is 28.0 Å². The Bertz CT molecular complexity index is 1670. The van der Waals surface area contributed by atoms with Crippen LogP contribution < -0.4 is 9.64 Å². The topological polar surface area (TPSA) is 88.1 Å². The average molecular weight is 631 g/mol. The van der Waals surface area contributed by atoms with Gasteiger partial charge in [0.25, 0.3) is 0 Å². The summed E-state index contributed by atoms with van der Waals surface area (Å²) >= 11 is 1.42. The maximum atomic E-state index is 13.1. The third-order valence-electron chi connectivity index (χ3n) is 6.64. The molecule has 1 aliphatic rings. The number of benzene rings is 3. The maximum absolute atomic E-state index is 13.1. The molecule has 5 rings (SSSR count). The Kier molecular flexibility index (Phi) is 8.49. The molecule has 1 aliphatic heterocycles. The van der Waals surface area contributed by atoms with E-state index in [1.165, 1.54) is 34.9 Å². The van der Waals surface area contributed by atoms with Gasteiger partial charge in [0, 0.05) is 17.0 Å². The van der Waals surface area contributed by atoms with Crippen LogP contribution in [-0.2, 0) is 0 Å². The van der Waals surface area contributed by atoms with Gasteiger partial charge in [0.2, 0.25) is 0 Å². The van der Waals surface area contributed by atoms with Crippen molar-refractivity contribution in [3.63, 3.8) is 0 Å². The van der Waals surface area contributed by atoms with Gasteiger partial charge in [0.05, 0.1) is 11.9 Å². The molecule has 1 unspecified atom stereocenters. The summed E-state index contributed by atoms with van der Waals surface area (Å²) in [6.45, 7) is 5.94. The van der Waals surface area contributed by atoms with Crippen LogP contribution in [-0.4, -0.2) is 55.0 Å². The van der Waals surface area contributed by atoms with Crippen LogP contribution in [0.3, 0.4) is 0 Å².